The molecule has 0 bridgehead atoms. The van der Waals surface area contributed by atoms with Gasteiger partial charge in [-0.15, -0.1) is 0 Å². The second-order valence-corrected chi connectivity index (χ2v) is 5.28. The van der Waals surface area contributed by atoms with Crippen LogP contribution < -0.4 is 5.73 Å². The fourth-order valence-corrected chi connectivity index (χ4v) is 2.65. The average Bonchev–Trinajstić information content (AvgIpc) is 2.83. The quantitative estimate of drug-likeness (QED) is 0.838. The Morgan fingerprint density at radius 1 is 1.42 bits per heavy atom. The molecule has 2 rings (SSSR count). The van der Waals surface area contributed by atoms with Gasteiger partial charge in [0.2, 0.25) is 0 Å². The number of nitrogens with zero attached hydrogens (tertiary/aromatic N) is 1. The van der Waals surface area contributed by atoms with E-state index in [1.54, 1.807) is 4.90 Å². The summed E-state index contributed by atoms with van der Waals surface area (Å²) in [5.74, 6) is -2.15. The van der Waals surface area contributed by atoms with Gasteiger partial charge in [0.1, 0.15) is 11.4 Å². The smallest absolute Gasteiger partial charge is 0.260 e. The predicted molar refractivity (Wildman–Crippen MR) is 69.7 cm³/mol. The van der Waals surface area contributed by atoms with Gasteiger partial charge in [0.15, 0.2) is 5.82 Å². The summed E-state index contributed by atoms with van der Waals surface area (Å²) in [7, 11) is 0. The zero-order valence-corrected chi connectivity index (χ0v) is 11.1. The highest BCUT2D eigenvalue weighted by Gasteiger charge is 2.34. The first-order valence-corrected chi connectivity index (χ1v) is 6.48. The fraction of sp³-hybridized carbons (Fsp3) is 0.500. The molecule has 19 heavy (non-hydrogen) atoms. The Morgan fingerprint density at radius 2 is 2.11 bits per heavy atom. The van der Waals surface area contributed by atoms with Crippen LogP contribution in [0.1, 0.15) is 37.0 Å². The van der Waals surface area contributed by atoms with E-state index < -0.39 is 23.1 Å². The fourth-order valence-electron chi connectivity index (χ4n) is 2.65. The molecule has 1 unspecified atom stereocenters. The van der Waals surface area contributed by atoms with Gasteiger partial charge in [-0.25, -0.2) is 8.78 Å². The SMILES string of the molecule is CC(C)C1CCCN1C(=O)c1c(F)ccc(N)c1F. The van der Waals surface area contributed by atoms with Crippen molar-refractivity contribution in [1.82, 2.24) is 4.90 Å². The molecule has 0 aromatic heterocycles. The molecule has 1 aliphatic rings. The maximum absolute atomic E-state index is 13.9. The predicted octanol–water partition coefficient (Wildman–Crippen LogP) is 2.81. The lowest BCUT2D eigenvalue weighted by atomic mass is 10.0. The molecule has 1 amide bonds. The zero-order chi connectivity index (χ0) is 14.2. The molecule has 0 spiro atoms. The van der Waals surface area contributed by atoms with Gasteiger partial charge in [0, 0.05) is 12.6 Å². The van der Waals surface area contributed by atoms with E-state index in [4.69, 9.17) is 5.73 Å². The summed E-state index contributed by atoms with van der Waals surface area (Å²) in [5.41, 5.74) is 4.67. The summed E-state index contributed by atoms with van der Waals surface area (Å²) in [6.45, 7) is 4.54. The Bertz CT molecular complexity index is 502. The lowest BCUT2D eigenvalue weighted by molar-refractivity contribution is 0.0692. The van der Waals surface area contributed by atoms with Gasteiger partial charge in [0.25, 0.3) is 5.91 Å². The molecule has 104 valence electrons. The van der Waals surface area contributed by atoms with E-state index in [2.05, 4.69) is 0 Å². The van der Waals surface area contributed by atoms with Crippen LogP contribution >= 0.6 is 0 Å². The number of anilines is 1. The van der Waals surface area contributed by atoms with Crippen LogP contribution in [0.15, 0.2) is 12.1 Å². The summed E-state index contributed by atoms with van der Waals surface area (Å²) in [4.78, 5) is 13.9. The lowest BCUT2D eigenvalue weighted by Gasteiger charge is -2.28. The minimum absolute atomic E-state index is 0.0349. The highest BCUT2D eigenvalue weighted by molar-refractivity contribution is 5.96. The normalized spacial score (nSPS) is 19.2. The van der Waals surface area contributed by atoms with E-state index in [1.165, 1.54) is 0 Å². The minimum Gasteiger partial charge on any atom is -0.396 e. The van der Waals surface area contributed by atoms with Crippen molar-refractivity contribution in [3.8, 4) is 0 Å². The third-order valence-electron chi connectivity index (χ3n) is 3.66. The molecular weight excluding hydrogens is 250 g/mol. The van der Waals surface area contributed by atoms with Crippen molar-refractivity contribution in [3.63, 3.8) is 0 Å². The highest BCUT2D eigenvalue weighted by atomic mass is 19.1. The van der Waals surface area contributed by atoms with Crippen LogP contribution in [-0.2, 0) is 0 Å². The highest BCUT2D eigenvalue weighted by Crippen LogP contribution is 2.28. The van der Waals surface area contributed by atoms with E-state index >= 15 is 0 Å². The summed E-state index contributed by atoms with van der Waals surface area (Å²) in [5, 5.41) is 0. The first-order valence-electron chi connectivity index (χ1n) is 6.48. The van der Waals surface area contributed by atoms with Crippen molar-refractivity contribution >= 4 is 11.6 Å². The summed E-state index contributed by atoms with van der Waals surface area (Å²) in [6.07, 6.45) is 1.73. The van der Waals surface area contributed by atoms with Gasteiger partial charge in [0.05, 0.1) is 5.69 Å². The van der Waals surface area contributed by atoms with Gasteiger partial charge >= 0.3 is 0 Å². The molecule has 5 heteroatoms. The molecule has 1 aliphatic heterocycles. The van der Waals surface area contributed by atoms with Crippen molar-refractivity contribution < 1.29 is 13.6 Å². The maximum Gasteiger partial charge on any atom is 0.260 e. The summed E-state index contributed by atoms with van der Waals surface area (Å²) < 4.78 is 27.6. The number of benzene rings is 1. The molecule has 1 heterocycles. The lowest BCUT2D eigenvalue weighted by Crippen LogP contribution is -2.39. The number of amides is 1. The second-order valence-electron chi connectivity index (χ2n) is 5.28. The molecule has 1 aromatic carbocycles. The van der Waals surface area contributed by atoms with Gasteiger partial charge < -0.3 is 10.6 Å². The maximum atomic E-state index is 13.9. The molecule has 3 nitrogen and oxygen atoms in total. The van der Waals surface area contributed by atoms with E-state index in [0.29, 0.717) is 6.54 Å². The average molecular weight is 268 g/mol. The molecule has 0 radical (unpaired) electrons. The number of hydrogen-bond donors (Lipinski definition) is 1. The van der Waals surface area contributed by atoms with Gasteiger partial charge in [-0.2, -0.15) is 0 Å². The van der Waals surface area contributed by atoms with Gasteiger partial charge in [-0.1, -0.05) is 13.8 Å². The molecule has 0 saturated carbocycles. The van der Waals surface area contributed by atoms with Crippen LogP contribution in [0.3, 0.4) is 0 Å². The van der Waals surface area contributed by atoms with Crippen molar-refractivity contribution in [2.45, 2.75) is 32.7 Å². The van der Waals surface area contributed by atoms with Crippen LogP contribution in [0.2, 0.25) is 0 Å². The number of halogens is 2. The van der Waals surface area contributed by atoms with Crippen molar-refractivity contribution in [2.75, 3.05) is 12.3 Å². The molecule has 0 aliphatic carbocycles. The van der Waals surface area contributed by atoms with Crippen LogP contribution in [0.5, 0.6) is 0 Å². The molecule has 1 saturated heterocycles. The van der Waals surface area contributed by atoms with E-state index in [-0.39, 0.29) is 17.6 Å². The second kappa shape index (κ2) is 5.15. The van der Waals surface area contributed by atoms with Crippen molar-refractivity contribution in [3.05, 3.63) is 29.3 Å². The Kier molecular flexibility index (Phi) is 3.73. The molecule has 1 fully saturated rings. The van der Waals surface area contributed by atoms with Gasteiger partial charge in [-0.3, -0.25) is 4.79 Å². The minimum atomic E-state index is -0.959. The first-order chi connectivity index (χ1) is 8.93. The number of rotatable bonds is 2. The Labute approximate surface area is 111 Å². The Morgan fingerprint density at radius 3 is 2.74 bits per heavy atom. The largest absolute Gasteiger partial charge is 0.396 e. The molecule has 1 atom stereocenters. The number of carbonyl (C=O) groups excluding carboxylic acids is 1. The van der Waals surface area contributed by atoms with Crippen molar-refractivity contribution in [2.24, 2.45) is 5.92 Å². The number of nitrogens with two attached hydrogens (primary N) is 1. The van der Waals surface area contributed by atoms with E-state index in [0.717, 1.165) is 25.0 Å². The molecule has 2 N–H and O–H groups in total. The number of hydrogen-bond acceptors (Lipinski definition) is 2. The molecular formula is C14H18F2N2O. The third kappa shape index (κ3) is 2.41. The summed E-state index contributed by atoms with van der Waals surface area (Å²) >= 11 is 0. The molecule has 1 aromatic rings. The van der Waals surface area contributed by atoms with Crippen LogP contribution in [-0.4, -0.2) is 23.4 Å². The summed E-state index contributed by atoms with van der Waals surface area (Å²) in [6, 6.07) is 2.20. The number of carbonyl (C=O) groups is 1. The topological polar surface area (TPSA) is 46.3 Å². The van der Waals surface area contributed by atoms with Crippen LogP contribution in [0.25, 0.3) is 0 Å². The van der Waals surface area contributed by atoms with Crippen LogP contribution in [0.4, 0.5) is 14.5 Å². The Hall–Kier alpha value is -1.65. The van der Waals surface area contributed by atoms with E-state index in [1.807, 2.05) is 13.8 Å². The number of likely N-dealkylation sites (tertiary alicyclic amines) is 1. The van der Waals surface area contributed by atoms with Crippen LogP contribution in [0, 0.1) is 17.6 Å². The van der Waals surface area contributed by atoms with Gasteiger partial charge in [-0.05, 0) is 30.9 Å². The Balaban J connectivity index is 2.37. The third-order valence-corrected chi connectivity index (χ3v) is 3.66. The first kappa shape index (κ1) is 13.8. The number of nitrogen functional groups attached to an aromatic ring is 1. The zero-order valence-electron chi connectivity index (χ0n) is 11.1. The monoisotopic (exact) mass is 268 g/mol. The van der Waals surface area contributed by atoms with E-state index in [9.17, 15) is 13.6 Å². The standard InChI is InChI=1S/C14H18F2N2O/c1-8(2)11-4-3-7-18(11)14(19)12-9(15)5-6-10(17)13(12)16/h5-6,8,11H,3-4,7,17H2,1-2H3. The van der Waals surface area contributed by atoms with Crippen molar-refractivity contribution in [1.29, 1.82) is 0 Å².